The van der Waals surface area contributed by atoms with Crippen LogP contribution < -0.4 is 0 Å². The minimum absolute atomic E-state index is 0.0275. The first-order valence-electron chi connectivity index (χ1n) is 24.3. The molecule has 4 aromatic carbocycles. The molecule has 3 fully saturated rings. The average molecular weight is 927 g/mol. The van der Waals surface area contributed by atoms with Gasteiger partial charge in [0.1, 0.15) is 0 Å². The molecule has 12 rings (SSSR count). The molecule has 8 aliphatic rings. The predicted molar refractivity (Wildman–Crippen MR) is 257 cm³/mol. The average Bonchev–Trinajstić information content (AvgIpc) is 4.06. The highest BCUT2D eigenvalue weighted by Crippen LogP contribution is 2.63. The van der Waals surface area contributed by atoms with Gasteiger partial charge >= 0.3 is 0 Å². The Labute approximate surface area is 403 Å². The highest BCUT2D eigenvalue weighted by molar-refractivity contribution is 6.29. The van der Waals surface area contributed by atoms with Crippen molar-refractivity contribution >= 4 is 34.9 Å². The van der Waals surface area contributed by atoms with Crippen LogP contribution in [0.4, 0.5) is 17.6 Å². The summed E-state index contributed by atoms with van der Waals surface area (Å²) < 4.78 is 58.9. The number of nitrogens with zero attached hydrogens (tertiary/aromatic N) is 4. The second-order valence-corrected chi connectivity index (χ2v) is 20.4. The van der Waals surface area contributed by atoms with E-state index in [1.54, 1.807) is 12.2 Å². The molecule has 342 valence electrons. The lowest BCUT2D eigenvalue weighted by atomic mass is 9.65. The Morgan fingerprint density at radius 1 is 0.471 bits per heavy atom. The van der Waals surface area contributed by atoms with Gasteiger partial charge < -0.3 is 0 Å². The molecule has 8 aliphatic carbocycles. The minimum Gasteiger partial charge on any atom is -0.289 e. The number of fused-ring (bicyclic) bond motifs is 11. The SMILES string of the molecule is [C-]#[N+]/C(C#N)=C1\C(=C\C2=Cc3cc4c(cc3C23CCCCC3)-c2cc3c(cc2C42CCCCC2)C=C(/C=C2\C(=O)c4cc(F)c(F)cc4\C2=C(\C#N)[N+]#[C-])C32CCCCC2)C(=O)c2cc(F)c(F)cc21. The van der Waals surface area contributed by atoms with Crippen LogP contribution >= 0.6 is 0 Å². The summed E-state index contributed by atoms with van der Waals surface area (Å²) in [6, 6.07) is 16.9. The van der Waals surface area contributed by atoms with Gasteiger partial charge in [-0.1, -0.05) is 69.9 Å². The number of nitriles is 2. The predicted octanol–water partition coefficient (Wildman–Crippen LogP) is 14.6. The zero-order valence-electron chi connectivity index (χ0n) is 38.2. The lowest BCUT2D eigenvalue weighted by Gasteiger charge is -2.38. The Hall–Kier alpha value is -7.66. The Morgan fingerprint density at radius 3 is 1.16 bits per heavy atom. The maximum atomic E-state index is 14.8. The molecule has 10 heteroatoms. The summed E-state index contributed by atoms with van der Waals surface area (Å²) in [6.45, 7) is 15.7. The summed E-state index contributed by atoms with van der Waals surface area (Å²) >= 11 is 0. The minimum atomic E-state index is -1.18. The first-order chi connectivity index (χ1) is 33.9. The number of benzene rings is 4. The molecular formula is C60H42F4N4O2. The van der Waals surface area contributed by atoms with E-state index >= 15 is 0 Å². The van der Waals surface area contributed by atoms with Gasteiger partial charge in [-0.05, 0) is 166 Å². The maximum Gasteiger partial charge on any atom is 0.270 e. The van der Waals surface area contributed by atoms with Crippen LogP contribution in [0, 0.1) is 59.1 Å². The van der Waals surface area contributed by atoms with E-state index in [4.69, 9.17) is 13.1 Å². The van der Waals surface area contributed by atoms with E-state index in [-0.39, 0.29) is 61.4 Å². The molecule has 6 nitrogen and oxygen atoms in total. The number of halogens is 4. The Balaban J connectivity index is 1.03. The van der Waals surface area contributed by atoms with E-state index < -0.39 is 45.7 Å². The van der Waals surface area contributed by atoms with Crippen LogP contribution in [0.2, 0.25) is 0 Å². The third kappa shape index (κ3) is 5.86. The molecular weight excluding hydrogens is 885 g/mol. The van der Waals surface area contributed by atoms with Crippen LogP contribution in [0.25, 0.3) is 44.1 Å². The standard InChI is InChI=1S/C60H42F4N4O2/c1-67-52(30-65)54-38-26-48(61)50(63)28-40(38)56(69)42(54)22-34-18-32-20-46-36(24-44(32)58(34)12-6-3-7-13-58)37-25-45-33(21-47(37)60(46)16-10-5-11-17-60)19-35(59(45)14-8-4-9-15-59)23-43-55(53(31-66)68-2)39-27-49(62)51(64)29-41(39)57(43)70/h18-29H,3-17H2/b42-22-,43-23-,54-52-,55-53+. The molecule has 0 unspecified atom stereocenters. The van der Waals surface area contributed by atoms with Crippen molar-refractivity contribution in [1.82, 2.24) is 0 Å². The van der Waals surface area contributed by atoms with Gasteiger partial charge in [0.15, 0.2) is 34.8 Å². The Bertz CT molecular complexity index is 3290. The molecule has 0 aliphatic heterocycles. The number of Topliss-reactive ketones (excluding diaryl/α,β-unsaturated/α-hetero) is 2. The molecule has 0 amide bonds. The summed E-state index contributed by atoms with van der Waals surface area (Å²) in [6.07, 6.45) is 22.1. The molecule has 70 heavy (non-hydrogen) atoms. The van der Waals surface area contributed by atoms with Crippen molar-refractivity contribution < 1.29 is 27.2 Å². The fraction of sp³-hybridized carbons (Fsp3) is 0.300. The lowest BCUT2D eigenvalue weighted by Crippen LogP contribution is -2.30. The Kier molecular flexibility index (Phi) is 9.77. The lowest BCUT2D eigenvalue weighted by molar-refractivity contribution is 0.103. The van der Waals surface area contributed by atoms with Crippen LogP contribution in [0.5, 0.6) is 0 Å². The summed E-state index contributed by atoms with van der Waals surface area (Å²) in [5.74, 6) is -5.79. The van der Waals surface area contributed by atoms with Gasteiger partial charge in [-0.25, -0.2) is 37.8 Å². The van der Waals surface area contributed by atoms with Crippen molar-refractivity contribution in [2.24, 2.45) is 0 Å². The van der Waals surface area contributed by atoms with Crippen LogP contribution in [0.1, 0.15) is 162 Å². The van der Waals surface area contributed by atoms with Crippen molar-refractivity contribution in [1.29, 1.82) is 10.5 Å². The van der Waals surface area contributed by atoms with E-state index in [2.05, 4.69) is 46.1 Å². The number of carbonyl (C=O) groups is 2. The van der Waals surface area contributed by atoms with E-state index in [0.29, 0.717) is 0 Å². The number of rotatable bonds is 2. The van der Waals surface area contributed by atoms with Crippen LogP contribution in [0.15, 0.2) is 94.4 Å². The molecule has 0 heterocycles. The highest BCUT2D eigenvalue weighted by atomic mass is 19.2. The van der Waals surface area contributed by atoms with E-state index in [0.717, 1.165) is 154 Å². The van der Waals surface area contributed by atoms with Gasteiger partial charge in [-0.15, -0.1) is 0 Å². The second kappa shape index (κ2) is 15.7. The Morgan fingerprint density at radius 2 is 0.814 bits per heavy atom. The zero-order chi connectivity index (χ0) is 48.4. The second-order valence-electron chi connectivity index (χ2n) is 20.4. The van der Waals surface area contributed by atoms with Gasteiger partial charge in [0.05, 0.1) is 25.3 Å². The number of carbonyl (C=O) groups excluding carboxylic acids is 2. The first-order valence-corrected chi connectivity index (χ1v) is 24.3. The molecule has 0 aromatic heterocycles. The molecule has 0 N–H and O–H groups in total. The normalized spacial score (nSPS) is 22.9. The van der Waals surface area contributed by atoms with Crippen LogP contribution in [0.3, 0.4) is 0 Å². The molecule has 0 atom stereocenters. The highest BCUT2D eigenvalue weighted by Gasteiger charge is 2.51. The first kappa shape index (κ1) is 43.6. The summed E-state index contributed by atoms with van der Waals surface area (Å²) in [5, 5.41) is 20.2. The number of hydrogen-bond donors (Lipinski definition) is 0. The fourth-order valence-corrected chi connectivity index (χ4v) is 14.1. The van der Waals surface area contributed by atoms with Crippen molar-refractivity contribution in [2.75, 3.05) is 0 Å². The number of ketones is 2. The van der Waals surface area contributed by atoms with Gasteiger partial charge in [0, 0.05) is 49.7 Å². The molecule has 3 spiro atoms. The largest absolute Gasteiger partial charge is 0.289 e. The monoisotopic (exact) mass is 926 g/mol. The summed E-state index contributed by atoms with van der Waals surface area (Å²) in [5.41, 5.74) is 9.27. The molecule has 0 radical (unpaired) electrons. The summed E-state index contributed by atoms with van der Waals surface area (Å²) in [7, 11) is 0. The van der Waals surface area contributed by atoms with Crippen LogP contribution in [-0.2, 0) is 16.2 Å². The number of hydrogen-bond acceptors (Lipinski definition) is 4. The third-order valence-corrected chi connectivity index (χ3v) is 17.3. The molecule has 0 saturated heterocycles. The van der Waals surface area contributed by atoms with Crippen molar-refractivity contribution in [3.05, 3.63) is 196 Å². The van der Waals surface area contributed by atoms with Gasteiger partial charge in [-0.2, -0.15) is 0 Å². The maximum absolute atomic E-state index is 14.8. The molecule has 4 aromatic rings. The number of allylic oxidation sites excluding steroid dienone is 10. The van der Waals surface area contributed by atoms with Crippen molar-refractivity contribution in [3.63, 3.8) is 0 Å². The van der Waals surface area contributed by atoms with Gasteiger partial charge in [0.2, 0.25) is 0 Å². The van der Waals surface area contributed by atoms with Gasteiger partial charge in [0.25, 0.3) is 11.4 Å². The molecule has 0 bridgehead atoms. The topological polar surface area (TPSA) is 90.4 Å². The van der Waals surface area contributed by atoms with Crippen LogP contribution in [-0.4, -0.2) is 11.6 Å². The summed E-state index contributed by atoms with van der Waals surface area (Å²) in [4.78, 5) is 35.4. The zero-order valence-corrected chi connectivity index (χ0v) is 38.2. The van der Waals surface area contributed by atoms with Gasteiger partial charge in [-0.3, -0.25) is 9.59 Å². The van der Waals surface area contributed by atoms with E-state index in [1.165, 1.54) is 22.3 Å². The van der Waals surface area contributed by atoms with E-state index in [1.807, 2.05) is 12.1 Å². The quantitative estimate of drug-likeness (QED) is 0.0867. The third-order valence-electron chi connectivity index (χ3n) is 17.3. The molecule has 3 saturated carbocycles. The smallest absolute Gasteiger partial charge is 0.270 e. The van der Waals surface area contributed by atoms with Crippen molar-refractivity contribution in [2.45, 2.75) is 113 Å². The van der Waals surface area contributed by atoms with Crippen molar-refractivity contribution in [3.8, 4) is 23.3 Å². The fourth-order valence-electron chi connectivity index (χ4n) is 14.1. The van der Waals surface area contributed by atoms with E-state index in [9.17, 15) is 37.7 Å².